The first kappa shape index (κ1) is 19.1. The van der Waals surface area contributed by atoms with Gasteiger partial charge in [-0.15, -0.1) is 11.3 Å². The highest BCUT2D eigenvalue weighted by Crippen LogP contribution is 2.26. The average molecular weight is 406 g/mol. The molecule has 8 heteroatoms. The molecule has 1 N–H and O–H groups in total. The highest BCUT2D eigenvalue weighted by molar-refractivity contribution is 7.17. The molecule has 0 spiro atoms. The van der Waals surface area contributed by atoms with E-state index in [9.17, 15) is 9.59 Å². The van der Waals surface area contributed by atoms with Crippen LogP contribution < -0.4 is 5.32 Å². The lowest BCUT2D eigenvalue weighted by Crippen LogP contribution is -2.38. The average Bonchev–Trinajstić information content (AvgIpc) is 2.95. The molecule has 2 amide bonds. The van der Waals surface area contributed by atoms with E-state index in [2.05, 4.69) is 5.32 Å². The Balaban J connectivity index is 2.06. The van der Waals surface area contributed by atoms with Gasteiger partial charge in [0, 0.05) is 11.6 Å². The highest BCUT2D eigenvalue weighted by atomic mass is 35.5. The predicted molar refractivity (Wildman–Crippen MR) is 101 cm³/mol. The summed E-state index contributed by atoms with van der Waals surface area (Å²) >= 11 is 18.9. The second kappa shape index (κ2) is 8.72. The van der Waals surface area contributed by atoms with Crippen LogP contribution in [0.5, 0.6) is 0 Å². The van der Waals surface area contributed by atoms with Crippen LogP contribution in [0.25, 0.3) is 0 Å². The van der Waals surface area contributed by atoms with Crippen molar-refractivity contribution >= 4 is 63.6 Å². The number of nitrogens with one attached hydrogen (secondary N) is 1. The molecule has 0 bridgehead atoms. The van der Waals surface area contributed by atoms with E-state index < -0.39 is 0 Å². The van der Waals surface area contributed by atoms with Gasteiger partial charge in [0.15, 0.2) is 0 Å². The lowest BCUT2D eigenvalue weighted by atomic mass is 10.3. The molecular weight excluding hydrogens is 391 g/mol. The first-order valence-electron chi connectivity index (χ1n) is 7.20. The van der Waals surface area contributed by atoms with Crippen LogP contribution in [0.15, 0.2) is 30.3 Å². The minimum Gasteiger partial charge on any atom is -0.329 e. The summed E-state index contributed by atoms with van der Waals surface area (Å²) in [6, 6.07) is 8.11. The van der Waals surface area contributed by atoms with Gasteiger partial charge in [0.1, 0.15) is 6.54 Å². The van der Waals surface area contributed by atoms with E-state index in [1.165, 1.54) is 16.2 Å². The number of carbonyl (C=O) groups excluding carboxylic acids is 2. The van der Waals surface area contributed by atoms with Crippen LogP contribution >= 0.6 is 46.1 Å². The Morgan fingerprint density at radius 1 is 1.17 bits per heavy atom. The van der Waals surface area contributed by atoms with Crippen LogP contribution in [0.4, 0.5) is 5.69 Å². The summed E-state index contributed by atoms with van der Waals surface area (Å²) in [5.74, 6) is -0.547. The van der Waals surface area contributed by atoms with E-state index >= 15 is 0 Å². The topological polar surface area (TPSA) is 49.4 Å². The number of nitrogens with zero attached hydrogens (tertiary/aromatic N) is 1. The molecule has 128 valence electrons. The Bertz CT molecular complexity index is 749. The zero-order chi connectivity index (χ0) is 17.7. The maximum atomic E-state index is 12.5. The smallest absolute Gasteiger partial charge is 0.264 e. The van der Waals surface area contributed by atoms with Crippen LogP contribution in [0, 0.1) is 0 Å². The predicted octanol–water partition coefficient (Wildman–Crippen LogP) is 5.20. The second-order valence-corrected chi connectivity index (χ2v) is 7.56. The van der Waals surface area contributed by atoms with E-state index in [0.29, 0.717) is 31.5 Å². The first-order valence-corrected chi connectivity index (χ1v) is 9.15. The number of benzene rings is 1. The summed E-state index contributed by atoms with van der Waals surface area (Å²) in [6.07, 6.45) is 0.736. The molecule has 24 heavy (non-hydrogen) atoms. The van der Waals surface area contributed by atoms with Crippen molar-refractivity contribution in [3.8, 4) is 0 Å². The third-order valence-corrected chi connectivity index (χ3v) is 4.87. The summed E-state index contributed by atoms with van der Waals surface area (Å²) < 4.78 is 0.534. The Morgan fingerprint density at radius 3 is 2.50 bits per heavy atom. The number of anilines is 1. The number of rotatable bonds is 6. The Morgan fingerprint density at radius 2 is 1.92 bits per heavy atom. The molecule has 1 aromatic heterocycles. The van der Waals surface area contributed by atoms with Gasteiger partial charge < -0.3 is 10.2 Å². The molecule has 0 aliphatic rings. The lowest BCUT2D eigenvalue weighted by Gasteiger charge is -2.21. The fourth-order valence-electron chi connectivity index (χ4n) is 2.06. The SMILES string of the molecule is CCCN(CC(=O)Nc1ccc(Cl)cc1Cl)C(=O)c1ccc(Cl)s1. The summed E-state index contributed by atoms with van der Waals surface area (Å²) in [6.45, 7) is 2.34. The molecule has 4 nitrogen and oxygen atoms in total. The number of amides is 2. The fourth-order valence-corrected chi connectivity index (χ4v) is 3.53. The standard InChI is InChI=1S/C16H15Cl3N2O2S/c1-2-7-21(16(23)13-5-6-14(19)24-13)9-15(22)20-12-4-3-10(17)8-11(12)18/h3-6,8H,2,7,9H2,1H3,(H,20,22). The summed E-state index contributed by atoms with van der Waals surface area (Å²) in [5.41, 5.74) is 0.453. The molecule has 0 saturated heterocycles. The van der Waals surface area contributed by atoms with E-state index in [1.54, 1.807) is 30.3 Å². The van der Waals surface area contributed by atoms with Crippen molar-refractivity contribution in [3.63, 3.8) is 0 Å². The number of hydrogen-bond acceptors (Lipinski definition) is 3. The van der Waals surface area contributed by atoms with E-state index in [4.69, 9.17) is 34.8 Å². The van der Waals surface area contributed by atoms with Crippen LogP contribution in [0.1, 0.15) is 23.0 Å². The van der Waals surface area contributed by atoms with Gasteiger partial charge in [-0.2, -0.15) is 0 Å². The normalized spacial score (nSPS) is 10.5. The van der Waals surface area contributed by atoms with Crippen molar-refractivity contribution in [2.75, 3.05) is 18.4 Å². The zero-order valence-corrected chi connectivity index (χ0v) is 15.9. The third-order valence-electron chi connectivity index (χ3n) is 3.10. The highest BCUT2D eigenvalue weighted by Gasteiger charge is 2.20. The monoisotopic (exact) mass is 404 g/mol. The van der Waals surface area contributed by atoms with Gasteiger partial charge in [0.2, 0.25) is 5.91 Å². The summed E-state index contributed by atoms with van der Waals surface area (Å²) in [7, 11) is 0. The molecule has 2 aromatic rings. The number of hydrogen-bond donors (Lipinski definition) is 1. The molecular formula is C16H15Cl3N2O2S. The van der Waals surface area contributed by atoms with Gasteiger partial charge in [-0.1, -0.05) is 41.7 Å². The van der Waals surface area contributed by atoms with Crippen LogP contribution in [-0.4, -0.2) is 29.8 Å². The zero-order valence-electron chi connectivity index (χ0n) is 12.8. The van der Waals surface area contributed by atoms with E-state index in [-0.39, 0.29) is 18.4 Å². The molecule has 0 unspecified atom stereocenters. The van der Waals surface area contributed by atoms with Gasteiger partial charge in [0.25, 0.3) is 5.91 Å². The fraction of sp³-hybridized carbons (Fsp3) is 0.250. The van der Waals surface area contributed by atoms with Crippen LogP contribution in [0.3, 0.4) is 0 Å². The largest absolute Gasteiger partial charge is 0.329 e. The lowest BCUT2D eigenvalue weighted by molar-refractivity contribution is -0.116. The molecule has 1 heterocycles. The minimum atomic E-state index is -0.330. The molecule has 0 atom stereocenters. The molecule has 0 radical (unpaired) electrons. The van der Waals surface area contributed by atoms with E-state index in [0.717, 1.165) is 6.42 Å². The Labute approximate surface area is 159 Å². The maximum absolute atomic E-state index is 12.5. The van der Waals surface area contributed by atoms with Gasteiger partial charge in [-0.25, -0.2) is 0 Å². The second-order valence-electron chi connectivity index (χ2n) is 5.00. The molecule has 0 saturated carbocycles. The first-order chi connectivity index (χ1) is 11.4. The molecule has 1 aromatic carbocycles. The van der Waals surface area contributed by atoms with Gasteiger partial charge >= 0.3 is 0 Å². The van der Waals surface area contributed by atoms with Crippen molar-refractivity contribution in [3.05, 3.63) is 49.6 Å². The summed E-state index contributed by atoms with van der Waals surface area (Å²) in [4.78, 5) is 26.8. The van der Waals surface area contributed by atoms with Crippen LogP contribution in [-0.2, 0) is 4.79 Å². The van der Waals surface area contributed by atoms with Crippen molar-refractivity contribution < 1.29 is 9.59 Å². The maximum Gasteiger partial charge on any atom is 0.264 e. The van der Waals surface area contributed by atoms with Gasteiger partial charge in [-0.3, -0.25) is 9.59 Å². The van der Waals surface area contributed by atoms with Gasteiger partial charge in [-0.05, 0) is 36.8 Å². The molecule has 0 aliphatic heterocycles. The number of halogens is 3. The quantitative estimate of drug-likeness (QED) is 0.718. The molecule has 2 rings (SSSR count). The van der Waals surface area contributed by atoms with Gasteiger partial charge in [0.05, 0.1) is 19.9 Å². The third kappa shape index (κ3) is 5.11. The number of thiophene rings is 1. The summed E-state index contributed by atoms with van der Waals surface area (Å²) in [5, 5.41) is 3.52. The Hall–Kier alpha value is -1.27. The van der Waals surface area contributed by atoms with Crippen molar-refractivity contribution in [2.24, 2.45) is 0 Å². The van der Waals surface area contributed by atoms with Crippen LogP contribution in [0.2, 0.25) is 14.4 Å². The molecule has 0 fully saturated rings. The van der Waals surface area contributed by atoms with E-state index in [1.807, 2.05) is 6.92 Å². The Kier molecular flexibility index (Phi) is 6.92. The van der Waals surface area contributed by atoms with Crippen molar-refractivity contribution in [1.82, 2.24) is 4.90 Å². The molecule has 0 aliphatic carbocycles. The number of carbonyl (C=O) groups is 2. The van der Waals surface area contributed by atoms with Crippen molar-refractivity contribution in [1.29, 1.82) is 0 Å². The minimum absolute atomic E-state index is 0.0683. The van der Waals surface area contributed by atoms with Crippen molar-refractivity contribution in [2.45, 2.75) is 13.3 Å².